The lowest BCUT2D eigenvalue weighted by atomic mass is 9.68. The predicted octanol–water partition coefficient (Wildman–Crippen LogP) is 2.15. The van der Waals surface area contributed by atoms with Gasteiger partial charge in [-0.25, -0.2) is 10.9 Å². The number of β-amino-alcohol motifs (C(OH)–C–C–N with tert-alkyl or cyclic N) is 1. The second-order valence-corrected chi connectivity index (χ2v) is 12.3. The van der Waals surface area contributed by atoms with Crippen molar-refractivity contribution < 1.29 is 27.9 Å². The lowest BCUT2D eigenvalue weighted by Gasteiger charge is -2.39. The van der Waals surface area contributed by atoms with Gasteiger partial charge in [0.25, 0.3) is 0 Å². The third-order valence-electron chi connectivity index (χ3n) is 10.0. The highest BCUT2D eigenvalue weighted by Crippen LogP contribution is 2.51. The Labute approximate surface area is 217 Å². The first kappa shape index (κ1) is 27.1. The number of carbonyl (C=O) groups is 2. The van der Waals surface area contributed by atoms with Crippen molar-refractivity contribution in [2.45, 2.75) is 82.8 Å². The summed E-state index contributed by atoms with van der Waals surface area (Å²) >= 11 is 0. The van der Waals surface area contributed by atoms with Crippen LogP contribution in [0.2, 0.25) is 0 Å². The van der Waals surface area contributed by atoms with Crippen molar-refractivity contribution >= 4 is 11.8 Å². The average molecular weight is 530 g/mol. The van der Waals surface area contributed by atoms with Crippen LogP contribution in [0, 0.1) is 35.5 Å². The second-order valence-electron chi connectivity index (χ2n) is 12.3. The first-order valence-electron chi connectivity index (χ1n) is 14.1. The molecule has 0 aromatic carbocycles. The van der Waals surface area contributed by atoms with Crippen molar-refractivity contribution in [2.75, 3.05) is 33.4 Å². The number of amides is 2. The van der Waals surface area contributed by atoms with Gasteiger partial charge in [0.1, 0.15) is 0 Å². The van der Waals surface area contributed by atoms with Crippen LogP contribution >= 0.6 is 0 Å². The van der Waals surface area contributed by atoms with E-state index in [-0.39, 0.29) is 50.0 Å². The van der Waals surface area contributed by atoms with Crippen LogP contribution in [0.15, 0.2) is 0 Å². The minimum absolute atomic E-state index is 0.0246. The molecule has 2 aliphatic carbocycles. The molecule has 0 aromatic rings. The molecule has 3 saturated heterocycles. The number of carbonyl (C=O) groups excluding carboxylic acids is 2. The van der Waals surface area contributed by atoms with Gasteiger partial charge in [-0.05, 0) is 63.3 Å². The number of aliphatic hydroxyl groups is 1. The van der Waals surface area contributed by atoms with E-state index in [0.29, 0.717) is 24.8 Å². The maximum absolute atomic E-state index is 14.2. The zero-order valence-corrected chi connectivity index (χ0v) is 21.9. The van der Waals surface area contributed by atoms with E-state index in [9.17, 15) is 27.9 Å². The number of nitrogens with one attached hydrogen (secondary N) is 2. The summed E-state index contributed by atoms with van der Waals surface area (Å²) in [5.41, 5.74) is 6.46. The van der Waals surface area contributed by atoms with Crippen LogP contribution < -0.4 is 10.9 Å². The van der Waals surface area contributed by atoms with Crippen LogP contribution in [0.3, 0.4) is 0 Å². The zero-order valence-electron chi connectivity index (χ0n) is 21.9. The van der Waals surface area contributed by atoms with Crippen molar-refractivity contribution in [3.63, 3.8) is 0 Å². The maximum Gasteiger partial charge on any atom is 0.392 e. The fraction of sp³-hybridized carbons (Fsp3) is 0.923. The molecule has 3 N–H and O–H groups in total. The molecule has 11 heteroatoms. The Balaban J connectivity index is 1.27. The summed E-state index contributed by atoms with van der Waals surface area (Å²) in [5, 5.41) is 9.81. The Morgan fingerprint density at radius 1 is 1.16 bits per heavy atom. The van der Waals surface area contributed by atoms with Gasteiger partial charge in [0.2, 0.25) is 11.8 Å². The molecule has 210 valence electrons. The molecular formula is C26H42F3N5O3. The molecule has 3 aliphatic heterocycles. The summed E-state index contributed by atoms with van der Waals surface area (Å²) in [7, 11) is 2.07. The Kier molecular flexibility index (Phi) is 7.79. The SMILES string of the molecule is C[C@H](CC1NNCN1C)C1CCCC(N2CC3C(CC(C(=O)N4CC[C@H](O)C4)CC3C(F)(F)F)C2=O)C1. The number of likely N-dealkylation sites (tertiary alicyclic amines) is 2. The minimum Gasteiger partial charge on any atom is -0.391 e. The molecule has 2 saturated carbocycles. The van der Waals surface area contributed by atoms with E-state index in [4.69, 9.17) is 0 Å². The topological polar surface area (TPSA) is 88.2 Å². The Morgan fingerprint density at radius 2 is 1.95 bits per heavy atom. The zero-order chi connectivity index (χ0) is 26.5. The smallest absolute Gasteiger partial charge is 0.391 e. The molecule has 37 heavy (non-hydrogen) atoms. The highest BCUT2D eigenvalue weighted by atomic mass is 19.4. The Bertz CT molecular complexity index is 860. The maximum atomic E-state index is 14.2. The van der Waals surface area contributed by atoms with E-state index >= 15 is 0 Å². The number of hydrogen-bond donors (Lipinski definition) is 3. The van der Waals surface area contributed by atoms with Gasteiger partial charge >= 0.3 is 6.18 Å². The molecule has 7 unspecified atom stereocenters. The van der Waals surface area contributed by atoms with Crippen molar-refractivity contribution in [1.82, 2.24) is 25.6 Å². The largest absolute Gasteiger partial charge is 0.392 e. The fourth-order valence-electron chi connectivity index (χ4n) is 7.81. The summed E-state index contributed by atoms with van der Waals surface area (Å²) < 4.78 is 42.7. The van der Waals surface area contributed by atoms with E-state index in [1.165, 1.54) is 4.90 Å². The molecule has 0 bridgehead atoms. The monoisotopic (exact) mass is 529 g/mol. The summed E-state index contributed by atoms with van der Waals surface area (Å²) in [6.07, 6.45) is 0.288. The van der Waals surface area contributed by atoms with Gasteiger partial charge < -0.3 is 14.9 Å². The van der Waals surface area contributed by atoms with Crippen LogP contribution in [0.1, 0.15) is 58.3 Å². The molecular weight excluding hydrogens is 487 g/mol. The summed E-state index contributed by atoms with van der Waals surface area (Å²) in [6, 6.07) is -0.0246. The van der Waals surface area contributed by atoms with Crippen LogP contribution in [0.5, 0.6) is 0 Å². The second kappa shape index (κ2) is 10.6. The Morgan fingerprint density at radius 3 is 2.59 bits per heavy atom. The number of halogens is 3. The van der Waals surface area contributed by atoms with Crippen LogP contribution in [0.25, 0.3) is 0 Å². The number of hydrazine groups is 1. The average Bonchev–Trinajstić information content (AvgIpc) is 3.56. The quantitative estimate of drug-likeness (QED) is 0.506. The third-order valence-corrected chi connectivity index (χ3v) is 10.0. The number of aliphatic hydroxyl groups excluding tert-OH is 1. The van der Waals surface area contributed by atoms with Gasteiger partial charge in [-0.1, -0.05) is 19.8 Å². The van der Waals surface area contributed by atoms with E-state index in [1.54, 1.807) is 4.90 Å². The molecule has 8 nitrogen and oxygen atoms in total. The number of hydrogen-bond acceptors (Lipinski definition) is 6. The van der Waals surface area contributed by atoms with Gasteiger partial charge in [0.05, 0.1) is 24.9 Å². The molecule has 5 fully saturated rings. The lowest BCUT2D eigenvalue weighted by molar-refractivity contribution is -0.204. The van der Waals surface area contributed by atoms with Crippen molar-refractivity contribution in [3.8, 4) is 0 Å². The lowest BCUT2D eigenvalue weighted by Crippen LogP contribution is -2.46. The third kappa shape index (κ3) is 5.51. The van der Waals surface area contributed by atoms with E-state index < -0.39 is 36.0 Å². The van der Waals surface area contributed by atoms with Crippen LogP contribution in [-0.4, -0.2) is 89.5 Å². The molecule has 3 heterocycles. The molecule has 5 rings (SSSR count). The number of rotatable bonds is 5. The molecule has 0 aromatic heterocycles. The fourth-order valence-corrected chi connectivity index (χ4v) is 7.81. The normalized spacial score (nSPS) is 40.3. The summed E-state index contributed by atoms with van der Waals surface area (Å²) in [4.78, 5) is 32.2. The number of nitrogens with zero attached hydrogens (tertiary/aromatic N) is 3. The van der Waals surface area contributed by atoms with Crippen molar-refractivity contribution in [1.29, 1.82) is 0 Å². The first-order chi connectivity index (χ1) is 17.5. The van der Waals surface area contributed by atoms with Crippen molar-refractivity contribution in [3.05, 3.63) is 0 Å². The van der Waals surface area contributed by atoms with Gasteiger partial charge in [-0.2, -0.15) is 13.2 Å². The van der Waals surface area contributed by atoms with Crippen molar-refractivity contribution in [2.24, 2.45) is 35.5 Å². The summed E-state index contributed by atoms with van der Waals surface area (Å²) in [5.74, 6) is -3.63. The minimum atomic E-state index is -4.44. The van der Waals surface area contributed by atoms with Crippen LogP contribution in [0.4, 0.5) is 13.2 Å². The van der Waals surface area contributed by atoms with Gasteiger partial charge in [-0.3, -0.25) is 14.5 Å². The molecule has 0 radical (unpaired) electrons. The van der Waals surface area contributed by atoms with E-state index in [0.717, 1.165) is 38.8 Å². The van der Waals surface area contributed by atoms with E-state index in [2.05, 4.69) is 29.7 Å². The first-order valence-corrected chi connectivity index (χ1v) is 14.1. The highest BCUT2D eigenvalue weighted by Gasteiger charge is 2.59. The molecule has 5 aliphatic rings. The number of fused-ring (bicyclic) bond motifs is 1. The van der Waals surface area contributed by atoms with Crippen LogP contribution in [-0.2, 0) is 9.59 Å². The standard InChI is InChI=1S/C26H42F3N5O3/c1-15(8-23-31-30-14-32(23)2)16-4-3-5-18(9-16)34-13-21-20(25(34)37)10-17(11-22(21)26(27,28)29)24(36)33-7-6-19(35)12-33/h15-23,30-31,35H,3-14H2,1-2H3/t15-,16?,17?,18?,19+,20?,21?,22?,23?/m1/s1. The highest BCUT2D eigenvalue weighted by molar-refractivity contribution is 5.85. The van der Waals surface area contributed by atoms with Gasteiger partial charge in [-0.15, -0.1) is 0 Å². The number of alkyl halides is 3. The Hall–Kier alpha value is -1.43. The van der Waals surface area contributed by atoms with Gasteiger partial charge in [0.15, 0.2) is 0 Å². The molecule has 2 amide bonds. The summed E-state index contributed by atoms with van der Waals surface area (Å²) in [6.45, 7) is 3.73. The predicted molar refractivity (Wildman–Crippen MR) is 130 cm³/mol. The molecule has 9 atom stereocenters. The molecule has 0 spiro atoms. The van der Waals surface area contributed by atoms with E-state index in [1.807, 2.05) is 0 Å². The van der Waals surface area contributed by atoms with Gasteiger partial charge in [0, 0.05) is 37.5 Å².